The molecule has 0 rings (SSSR count). The maximum Gasteiger partial charge on any atom is 0.257 e. The van der Waals surface area contributed by atoms with E-state index in [9.17, 15) is 9.59 Å². The second kappa shape index (κ2) is 5.57. The summed E-state index contributed by atoms with van der Waals surface area (Å²) in [4.78, 5) is 22.7. The largest absolute Gasteiger partial charge is 0.336 e. The summed E-state index contributed by atoms with van der Waals surface area (Å²) in [6, 6.07) is 0. The van der Waals surface area contributed by atoms with E-state index in [-0.39, 0.29) is 12.5 Å². The molecule has 0 aliphatic carbocycles. The molecule has 4 heteroatoms. The Balaban J connectivity index is 3.69. The minimum Gasteiger partial charge on any atom is -0.336 e. The van der Waals surface area contributed by atoms with Crippen LogP contribution in [0.1, 0.15) is 26.2 Å². The highest BCUT2D eigenvalue weighted by Gasteiger charge is 2.09. The summed E-state index contributed by atoms with van der Waals surface area (Å²) in [5, 5.41) is 0. The van der Waals surface area contributed by atoms with Gasteiger partial charge in [0.2, 0.25) is 5.91 Å². The van der Waals surface area contributed by atoms with E-state index in [1.54, 1.807) is 7.05 Å². The van der Waals surface area contributed by atoms with E-state index >= 15 is 0 Å². The molecule has 2 amide bonds. The summed E-state index contributed by atoms with van der Waals surface area (Å²) in [6.07, 6.45) is 2.28. The number of hydrogen-bond donors (Lipinski definition) is 0. The molecule has 0 aromatic carbocycles. The first-order chi connectivity index (χ1) is 5.57. The van der Waals surface area contributed by atoms with Gasteiger partial charge in [-0.15, -0.1) is 0 Å². The molecule has 4 nitrogen and oxygen atoms in total. The van der Waals surface area contributed by atoms with Crippen LogP contribution in [0.3, 0.4) is 0 Å². The van der Waals surface area contributed by atoms with Gasteiger partial charge in [0.15, 0.2) is 0 Å². The Morgan fingerprint density at radius 2 is 2.00 bits per heavy atom. The third kappa shape index (κ3) is 4.71. The van der Waals surface area contributed by atoms with Crippen LogP contribution >= 0.6 is 0 Å². The average Bonchev–Trinajstić information content (AvgIpc) is 1.98. The average molecular weight is 171 g/mol. The van der Waals surface area contributed by atoms with Gasteiger partial charge in [0, 0.05) is 13.5 Å². The van der Waals surface area contributed by atoms with Crippen LogP contribution in [-0.4, -0.2) is 30.3 Å². The first-order valence-corrected chi connectivity index (χ1v) is 4.06. The van der Waals surface area contributed by atoms with Crippen molar-refractivity contribution in [3.8, 4) is 0 Å². The van der Waals surface area contributed by atoms with Crippen LogP contribution in [0, 0.1) is 0 Å². The normalized spacial score (nSPS) is 9.50. The quantitative estimate of drug-likeness (QED) is 0.602. The number of carbonyl (C=O) groups excluding carboxylic acids is 2. The Hall–Kier alpha value is -1.06. The van der Waals surface area contributed by atoms with E-state index in [2.05, 4.69) is 0 Å². The molecular weight excluding hydrogens is 156 g/mol. The predicted octanol–water partition coefficient (Wildman–Crippen LogP) is 0.444. The molecule has 0 aromatic rings. The fourth-order valence-corrected chi connectivity index (χ4v) is 0.822. The summed E-state index contributed by atoms with van der Waals surface area (Å²) < 4.78 is 0. The van der Waals surface area contributed by atoms with Gasteiger partial charge in [0.25, 0.3) is 5.91 Å². The van der Waals surface area contributed by atoms with Crippen molar-refractivity contribution in [1.82, 2.24) is 10.6 Å². The van der Waals surface area contributed by atoms with E-state index in [0.29, 0.717) is 6.42 Å². The molecule has 0 aromatic heterocycles. The molecule has 0 saturated heterocycles. The van der Waals surface area contributed by atoms with Gasteiger partial charge in [0.1, 0.15) is 6.54 Å². The third-order valence-electron chi connectivity index (χ3n) is 1.55. The Morgan fingerprint density at radius 1 is 1.42 bits per heavy atom. The first kappa shape index (κ1) is 10.9. The molecular formula is C8H15N2O2. The van der Waals surface area contributed by atoms with Gasteiger partial charge in [-0.1, -0.05) is 13.3 Å². The third-order valence-corrected chi connectivity index (χ3v) is 1.55. The van der Waals surface area contributed by atoms with Crippen LogP contribution in [-0.2, 0) is 9.59 Å². The van der Waals surface area contributed by atoms with Gasteiger partial charge >= 0.3 is 0 Å². The number of unbranched alkanes of at least 4 members (excludes halogenated alkanes) is 1. The fraction of sp³-hybridized carbons (Fsp3) is 0.750. The van der Waals surface area contributed by atoms with Crippen molar-refractivity contribution in [2.45, 2.75) is 26.2 Å². The van der Waals surface area contributed by atoms with E-state index < -0.39 is 5.91 Å². The molecule has 1 radical (unpaired) electrons. The van der Waals surface area contributed by atoms with Gasteiger partial charge in [-0.05, 0) is 6.42 Å². The van der Waals surface area contributed by atoms with E-state index in [0.717, 1.165) is 12.8 Å². The maximum absolute atomic E-state index is 11.1. The lowest BCUT2D eigenvalue weighted by Gasteiger charge is -2.13. The smallest absolute Gasteiger partial charge is 0.257 e. The van der Waals surface area contributed by atoms with Gasteiger partial charge in [-0.2, -0.15) is 0 Å². The highest BCUT2D eigenvalue weighted by Crippen LogP contribution is 1.97. The van der Waals surface area contributed by atoms with Crippen molar-refractivity contribution >= 4 is 11.8 Å². The zero-order chi connectivity index (χ0) is 9.56. The standard InChI is InChI=1S/C8H15N2O2/c1-3-4-5-8(12)10(2)6-7(9)11/h9H,3-6H2,1-2H3. The minimum atomic E-state index is -0.720. The molecule has 69 valence electrons. The monoisotopic (exact) mass is 171 g/mol. The summed E-state index contributed by atoms with van der Waals surface area (Å²) in [5.74, 6) is -0.778. The van der Waals surface area contributed by atoms with Crippen molar-refractivity contribution in [3.05, 3.63) is 0 Å². The Labute approximate surface area is 72.7 Å². The number of nitrogens with zero attached hydrogens (tertiary/aromatic N) is 1. The van der Waals surface area contributed by atoms with Crippen molar-refractivity contribution in [3.63, 3.8) is 0 Å². The van der Waals surface area contributed by atoms with Crippen LogP contribution in [0.2, 0.25) is 0 Å². The first-order valence-electron chi connectivity index (χ1n) is 4.06. The van der Waals surface area contributed by atoms with Crippen molar-refractivity contribution in [1.29, 1.82) is 0 Å². The van der Waals surface area contributed by atoms with Crippen LogP contribution < -0.4 is 5.73 Å². The number of nitrogens with one attached hydrogen (secondary N) is 1. The van der Waals surface area contributed by atoms with Crippen LogP contribution in [0.15, 0.2) is 0 Å². The van der Waals surface area contributed by atoms with Crippen LogP contribution in [0.25, 0.3) is 0 Å². The topological polar surface area (TPSA) is 61.2 Å². The lowest BCUT2D eigenvalue weighted by molar-refractivity contribution is -0.134. The Kier molecular flexibility index (Phi) is 5.08. The second-order valence-electron chi connectivity index (χ2n) is 2.78. The summed E-state index contributed by atoms with van der Waals surface area (Å²) in [5.41, 5.74) is 6.65. The highest BCUT2D eigenvalue weighted by atomic mass is 16.2. The van der Waals surface area contributed by atoms with Crippen molar-refractivity contribution in [2.75, 3.05) is 13.6 Å². The summed E-state index contributed by atoms with van der Waals surface area (Å²) in [6.45, 7) is 1.91. The van der Waals surface area contributed by atoms with Crippen molar-refractivity contribution in [2.24, 2.45) is 0 Å². The number of hydrogen-bond acceptors (Lipinski definition) is 2. The molecule has 0 aliphatic rings. The fourth-order valence-electron chi connectivity index (χ4n) is 0.822. The molecule has 0 saturated carbocycles. The second-order valence-corrected chi connectivity index (χ2v) is 2.78. The van der Waals surface area contributed by atoms with Crippen molar-refractivity contribution < 1.29 is 9.59 Å². The van der Waals surface area contributed by atoms with E-state index in [1.807, 2.05) is 6.92 Å². The summed E-state index contributed by atoms with van der Waals surface area (Å²) in [7, 11) is 1.55. The van der Waals surface area contributed by atoms with Gasteiger partial charge in [0.05, 0.1) is 0 Å². The number of amides is 2. The van der Waals surface area contributed by atoms with Crippen LogP contribution in [0.4, 0.5) is 0 Å². The van der Waals surface area contributed by atoms with Crippen LogP contribution in [0.5, 0.6) is 0 Å². The number of carbonyl (C=O) groups is 2. The van der Waals surface area contributed by atoms with Gasteiger partial charge in [-0.25, -0.2) is 0 Å². The Bertz CT molecular complexity index is 168. The van der Waals surface area contributed by atoms with Gasteiger partial charge < -0.3 is 4.90 Å². The molecule has 0 fully saturated rings. The predicted molar refractivity (Wildman–Crippen MR) is 45.3 cm³/mol. The highest BCUT2D eigenvalue weighted by molar-refractivity contribution is 5.83. The number of likely N-dealkylation sites (N-methyl/N-ethyl adjacent to an activating group) is 1. The minimum absolute atomic E-state index is 0.0579. The Morgan fingerprint density at radius 3 is 2.42 bits per heavy atom. The summed E-state index contributed by atoms with van der Waals surface area (Å²) >= 11 is 0. The SMILES string of the molecule is CCCCC(=O)N(C)CC([NH])=O. The molecule has 0 heterocycles. The zero-order valence-electron chi connectivity index (χ0n) is 7.59. The molecule has 0 unspecified atom stereocenters. The number of rotatable bonds is 5. The zero-order valence-corrected chi connectivity index (χ0v) is 7.59. The maximum atomic E-state index is 11.1. The molecule has 0 atom stereocenters. The molecule has 0 aliphatic heterocycles. The molecule has 0 bridgehead atoms. The van der Waals surface area contributed by atoms with E-state index in [4.69, 9.17) is 5.73 Å². The lowest BCUT2D eigenvalue weighted by atomic mass is 10.2. The molecule has 1 N–H and O–H groups in total. The molecule has 12 heavy (non-hydrogen) atoms. The lowest BCUT2D eigenvalue weighted by Crippen LogP contribution is -2.32. The van der Waals surface area contributed by atoms with E-state index in [1.165, 1.54) is 4.90 Å². The molecule has 0 spiro atoms. The van der Waals surface area contributed by atoms with Gasteiger partial charge in [-0.3, -0.25) is 15.3 Å².